The van der Waals surface area contributed by atoms with Gasteiger partial charge >= 0.3 is 5.97 Å². The number of ether oxygens (including phenoxy) is 1. The molecule has 4 aromatic rings. The zero-order valence-electron chi connectivity index (χ0n) is 19.2. The molecule has 0 fully saturated rings. The van der Waals surface area contributed by atoms with Gasteiger partial charge in [0.2, 0.25) is 0 Å². The highest BCUT2D eigenvalue weighted by Crippen LogP contribution is 2.36. The van der Waals surface area contributed by atoms with Crippen molar-refractivity contribution in [2.24, 2.45) is 0 Å². The van der Waals surface area contributed by atoms with Gasteiger partial charge in [-0.05, 0) is 49.8 Å². The van der Waals surface area contributed by atoms with Gasteiger partial charge in [-0.15, -0.1) is 11.3 Å². The Labute approximate surface area is 216 Å². The molecule has 0 spiro atoms. The molecule has 0 unspecified atom stereocenters. The number of halogens is 2. The molecule has 35 heavy (non-hydrogen) atoms. The van der Waals surface area contributed by atoms with Crippen molar-refractivity contribution in [3.05, 3.63) is 88.0 Å². The van der Waals surface area contributed by atoms with E-state index in [2.05, 4.69) is 15.7 Å². The maximum atomic E-state index is 14.3. The fraction of sp³-hybridized carbons (Fsp3) is 0.160. The van der Waals surface area contributed by atoms with Crippen LogP contribution in [0.25, 0.3) is 10.4 Å². The van der Waals surface area contributed by atoms with E-state index in [-0.39, 0.29) is 17.5 Å². The fourth-order valence-electron chi connectivity index (χ4n) is 3.60. The quantitative estimate of drug-likeness (QED) is 0.215. The van der Waals surface area contributed by atoms with E-state index >= 15 is 0 Å². The molecule has 2 heterocycles. The first-order chi connectivity index (χ1) is 16.8. The van der Waals surface area contributed by atoms with Crippen molar-refractivity contribution < 1.29 is 13.9 Å². The third kappa shape index (κ3) is 5.37. The van der Waals surface area contributed by atoms with E-state index in [1.54, 1.807) is 22.9 Å². The Bertz CT molecular complexity index is 1380. The van der Waals surface area contributed by atoms with Gasteiger partial charge in [0.25, 0.3) is 0 Å². The number of hydrogen-bond acceptors (Lipinski definition) is 5. The maximum Gasteiger partial charge on any atom is 0.340 e. The molecule has 0 aliphatic rings. The predicted octanol–water partition coefficient (Wildman–Crippen LogP) is 6.66. The van der Waals surface area contributed by atoms with Crippen molar-refractivity contribution in [1.29, 1.82) is 0 Å². The second kappa shape index (κ2) is 10.6. The van der Waals surface area contributed by atoms with E-state index in [9.17, 15) is 9.18 Å². The largest absolute Gasteiger partial charge is 0.465 e. The van der Waals surface area contributed by atoms with Gasteiger partial charge in [0.15, 0.2) is 5.11 Å². The average Bonchev–Trinajstić information content (AvgIpc) is 3.38. The topological polar surface area (TPSA) is 68.2 Å². The van der Waals surface area contributed by atoms with Crippen LogP contribution in [0.5, 0.6) is 0 Å². The zero-order chi connectivity index (χ0) is 25.1. The SMILES string of the molecule is COC(=O)c1cc(-c2ccccc2)sc1NC(=S)Nc1c(C)nn(Cc2c(F)cccc2Cl)c1C. The summed E-state index contributed by atoms with van der Waals surface area (Å²) in [5.74, 6) is -0.852. The molecule has 6 nitrogen and oxygen atoms in total. The van der Waals surface area contributed by atoms with Crippen LogP contribution in [0, 0.1) is 19.7 Å². The molecule has 0 bridgehead atoms. The van der Waals surface area contributed by atoms with Gasteiger partial charge in [0.05, 0.1) is 36.3 Å². The number of rotatable bonds is 6. The average molecular weight is 529 g/mol. The summed E-state index contributed by atoms with van der Waals surface area (Å²) in [6.07, 6.45) is 0. The lowest BCUT2D eigenvalue weighted by atomic mass is 10.1. The summed E-state index contributed by atoms with van der Waals surface area (Å²) < 4.78 is 20.9. The molecule has 0 aliphatic heterocycles. The highest BCUT2D eigenvalue weighted by atomic mass is 35.5. The van der Waals surface area contributed by atoms with Crippen molar-refractivity contribution in [3.63, 3.8) is 0 Å². The molecule has 0 aliphatic carbocycles. The molecule has 180 valence electrons. The number of anilines is 2. The fourth-order valence-corrected chi connectivity index (χ4v) is 5.15. The molecule has 0 saturated carbocycles. The summed E-state index contributed by atoms with van der Waals surface area (Å²) in [5, 5.41) is 12.0. The number of carbonyl (C=O) groups is 1. The number of aryl methyl sites for hydroxylation is 1. The van der Waals surface area contributed by atoms with Gasteiger partial charge in [-0.1, -0.05) is 48.0 Å². The lowest BCUT2D eigenvalue weighted by molar-refractivity contribution is 0.0602. The summed E-state index contributed by atoms with van der Waals surface area (Å²) in [4.78, 5) is 13.3. The number of benzene rings is 2. The number of thiophene rings is 1. The van der Waals surface area contributed by atoms with Crippen LogP contribution in [0.2, 0.25) is 5.02 Å². The first kappa shape index (κ1) is 24.8. The maximum absolute atomic E-state index is 14.3. The minimum Gasteiger partial charge on any atom is -0.465 e. The van der Waals surface area contributed by atoms with Gasteiger partial charge in [-0.3, -0.25) is 4.68 Å². The van der Waals surface area contributed by atoms with Crippen LogP contribution in [0.3, 0.4) is 0 Å². The molecule has 2 aromatic carbocycles. The summed E-state index contributed by atoms with van der Waals surface area (Å²) in [7, 11) is 1.34. The standard InChI is InChI=1S/C25H22ClFN4O2S2/c1-14-22(15(2)31(30-14)13-18-19(26)10-7-11-20(18)27)28-25(34)29-23-17(24(32)33-3)12-21(35-23)16-8-5-4-6-9-16/h4-12H,13H2,1-3H3,(H2,28,29,34). The smallest absolute Gasteiger partial charge is 0.340 e. The van der Waals surface area contributed by atoms with Crippen LogP contribution in [-0.4, -0.2) is 28.0 Å². The van der Waals surface area contributed by atoms with E-state index in [1.165, 1.54) is 24.5 Å². The Morgan fingerprint density at radius 1 is 1.17 bits per heavy atom. The Balaban J connectivity index is 1.56. The van der Waals surface area contributed by atoms with Crippen LogP contribution >= 0.6 is 35.2 Å². The Kier molecular flexibility index (Phi) is 7.49. The Morgan fingerprint density at radius 2 is 1.91 bits per heavy atom. The second-order valence-electron chi connectivity index (χ2n) is 7.69. The van der Waals surface area contributed by atoms with Crippen molar-refractivity contribution in [2.75, 3.05) is 17.7 Å². The van der Waals surface area contributed by atoms with Gasteiger partial charge in [0.1, 0.15) is 10.8 Å². The molecule has 0 radical (unpaired) electrons. The van der Waals surface area contributed by atoms with Crippen molar-refractivity contribution in [1.82, 2.24) is 9.78 Å². The minimum absolute atomic E-state index is 0.178. The molecule has 0 amide bonds. The van der Waals surface area contributed by atoms with Gasteiger partial charge in [-0.25, -0.2) is 9.18 Å². The summed E-state index contributed by atoms with van der Waals surface area (Å²) in [6.45, 7) is 3.87. The molecule has 0 atom stereocenters. The van der Waals surface area contributed by atoms with Crippen molar-refractivity contribution in [2.45, 2.75) is 20.4 Å². The van der Waals surface area contributed by atoms with E-state index in [4.69, 9.17) is 28.6 Å². The first-order valence-electron chi connectivity index (χ1n) is 10.6. The molecule has 4 rings (SSSR count). The first-order valence-corrected chi connectivity index (χ1v) is 12.2. The summed E-state index contributed by atoms with van der Waals surface area (Å²) >= 11 is 13.1. The normalized spacial score (nSPS) is 10.8. The highest BCUT2D eigenvalue weighted by molar-refractivity contribution is 7.80. The van der Waals surface area contributed by atoms with Gasteiger partial charge < -0.3 is 15.4 Å². The lowest BCUT2D eigenvalue weighted by Crippen LogP contribution is -2.20. The van der Waals surface area contributed by atoms with Gasteiger partial charge in [0, 0.05) is 15.5 Å². The van der Waals surface area contributed by atoms with E-state index in [1.807, 2.05) is 44.2 Å². The number of nitrogens with one attached hydrogen (secondary N) is 2. The third-order valence-corrected chi connectivity index (χ3v) is 7.07. The molecule has 10 heteroatoms. The number of methoxy groups -OCH3 is 1. The molecular weight excluding hydrogens is 507 g/mol. The number of esters is 1. The predicted molar refractivity (Wildman–Crippen MR) is 143 cm³/mol. The van der Waals surface area contributed by atoms with Crippen LogP contribution in [0.1, 0.15) is 27.3 Å². The zero-order valence-corrected chi connectivity index (χ0v) is 21.6. The minimum atomic E-state index is -0.462. The molecular formula is C25H22ClFN4O2S2. The van der Waals surface area contributed by atoms with E-state index in [0.717, 1.165) is 16.1 Å². The lowest BCUT2D eigenvalue weighted by Gasteiger charge is -2.12. The van der Waals surface area contributed by atoms with Crippen molar-refractivity contribution in [3.8, 4) is 10.4 Å². The Morgan fingerprint density at radius 3 is 2.60 bits per heavy atom. The molecule has 0 saturated heterocycles. The van der Waals surface area contributed by atoms with Crippen LogP contribution in [0.15, 0.2) is 54.6 Å². The number of carbonyl (C=O) groups excluding carboxylic acids is 1. The number of thiocarbonyl (C=S) groups is 1. The van der Waals surface area contributed by atoms with Crippen LogP contribution in [-0.2, 0) is 11.3 Å². The van der Waals surface area contributed by atoms with E-state index in [0.29, 0.717) is 32.5 Å². The second-order valence-corrected chi connectivity index (χ2v) is 9.56. The number of aromatic nitrogens is 2. The summed E-state index contributed by atoms with van der Waals surface area (Å²) in [5.41, 5.74) is 3.86. The summed E-state index contributed by atoms with van der Waals surface area (Å²) in [6, 6.07) is 16.1. The molecule has 2 N–H and O–H groups in total. The monoisotopic (exact) mass is 528 g/mol. The van der Waals surface area contributed by atoms with Crippen LogP contribution < -0.4 is 10.6 Å². The number of nitrogens with zero attached hydrogens (tertiary/aromatic N) is 2. The highest BCUT2D eigenvalue weighted by Gasteiger charge is 2.20. The third-order valence-electron chi connectivity index (χ3n) is 5.41. The van der Waals surface area contributed by atoms with Crippen LogP contribution in [0.4, 0.5) is 15.1 Å². The number of hydrogen-bond donors (Lipinski definition) is 2. The Hall–Kier alpha value is -3.27. The molecule has 2 aromatic heterocycles. The van der Waals surface area contributed by atoms with E-state index < -0.39 is 5.97 Å². The van der Waals surface area contributed by atoms with Gasteiger partial charge in [-0.2, -0.15) is 5.10 Å². The van der Waals surface area contributed by atoms with Crippen molar-refractivity contribution >= 4 is 56.9 Å².